The highest BCUT2D eigenvalue weighted by Gasteiger charge is 2.44. The molecule has 0 radical (unpaired) electrons. The van der Waals surface area contributed by atoms with Gasteiger partial charge in [-0.15, -0.1) is 0 Å². The molecule has 140 valence electrons. The third-order valence-corrected chi connectivity index (χ3v) is 14.0. The Kier molecular flexibility index (Phi) is 5.59. The second-order valence-electron chi connectivity index (χ2n) is 8.85. The number of rotatable bonds is 4. The molecule has 0 unspecified atom stereocenters. The number of hydrogen-bond donors (Lipinski definition) is 0. The van der Waals surface area contributed by atoms with Crippen LogP contribution in [0.2, 0.25) is 26.2 Å². The van der Waals surface area contributed by atoms with Crippen LogP contribution in [-0.2, 0) is 0 Å². The van der Waals surface area contributed by atoms with Gasteiger partial charge in [0.2, 0.25) is 0 Å². The molecule has 0 aromatic heterocycles. The van der Waals surface area contributed by atoms with Crippen molar-refractivity contribution in [3.05, 3.63) is 60.7 Å². The first-order valence-electron chi connectivity index (χ1n) is 9.89. The molecule has 1 heterocycles. The third kappa shape index (κ3) is 3.61. The normalized spacial score (nSPS) is 23.2. The molecule has 4 heteroatoms. The second-order valence-corrected chi connectivity index (χ2v) is 17.4. The summed E-state index contributed by atoms with van der Waals surface area (Å²) in [7, 11) is -3.26. The summed E-state index contributed by atoms with van der Waals surface area (Å²) in [6.45, 7) is 17.3. The average molecular weight is 383 g/mol. The molecule has 2 aromatic rings. The summed E-state index contributed by atoms with van der Waals surface area (Å²) in [5.74, 6) is 0. The molecule has 2 aromatic carbocycles. The SMILES string of the molecule is C[C@@H]1CN([Si](C)(C)c2ccccc2)[C@@H](C)CN1[Si](C)(C)c1ccccc1. The first-order chi connectivity index (χ1) is 12.2. The van der Waals surface area contributed by atoms with Crippen molar-refractivity contribution < 1.29 is 0 Å². The summed E-state index contributed by atoms with van der Waals surface area (Å²) in [5.41, 5.74) is 0. The molecule has 2 nitrogen and oxygen atoms in total. The molecule has 1 fully saturated rings. The summed E-state index contributed by atoms with van der Waals surface area (Å²) in [4.78, 5) is 0. The molecule has 26 heavy (non-hydrogen) atoms. The quantitative estimate of drug-likeness (QED) is 0.746. The molecule has 0 spiro atoms. The van der Waals surface area contributed by atoms with Crippen molar-refractivity contribution >= 4 is 26.8 Å². The van der Waals surface area contributed by atoms with Crippen molar-refractivity contribution in [2.45, 2.75) is 52.1 Å². The van der Waals surface area contributed by atoms with Crippen LogP contribution in [-0.4, -0.2) is 50.8 Å². The Morgan fingerprint density at radius 3 is 1.23 bits per heavy atom. The molecule has 3 rings (SSSR count). The van der Waals surface area contributed by atoms with E-state index >= 15 is 0 Å². The van der Waals surface area contributed by atoms with Crippen molar-refractivity contribution in [1.82, 2.24) is 9.13 Å². The van der Waals surface area contributed by atoms with Crippen molar-refractivity contribution in [1.29, 1.82) is 0 Å². The Bertz CT molecular complexity index is 652. The Morgan fingerprint density at radius 2 is 0.923 bits per heavy atom. The fourth-order valence-corrected chi connectivity index (χ4v) is 11.2. The van der Waals surface area contributed by atoms with Gasteiger partial charge in [-0.3, -0.25) is 0 Å². The summed E-state index contributed by atoms with van der Waals surface area (Å²) in [6, 6.07) is 23.6. The monoisotopic (exact) mass is 382 g/mol. The summed E-state index contributed by atoms with van der Waals surface area (Å²) in [5, 5.41) is 3.10. The largest absolute Gasteiger partial charge is 0.315 e. The Labute approximate surface area is 162 Å². The van der Waals surface area contributed by atoms with Crippen LogP contribution in [0.25, 0.3) is 0 Å². The van der Waals surface area contributed by atoms with Gasteiger partial charge in [0.05, 0.1) is 0 Å². The van der Waals surface area contributed by atoms with Gasteiger partial charge in [-0.1, -0.05) is 86.9 Å². The summed E-state index contributed by atoms with van der Waals surface area (Å²) in [6.07, 6.45) is 0. The zero-order chi connectivity index (χ0) is 18.9. The van der Waals surface area contributed by atoms with E-state index in [9.17, 15) is 0 Å². The van der Waals surface area contributed by atoms with Gasteiger partial charge in [0.15, 0.2) is 16.5 Å². The van der Waals surface area contributed by atoms with E-state index in [0.29, 0.717) is 12.1 Å². The van der Waals surface area contributed by atoms with Crippen LogP contribution in [0.5, 0.6) is 0 Å². The lowest BCUT2D eigenvalue weighted by Crippen LogP contribution is -2.73. The lowest BCUT2D eigenvalue weighted by Gasteiger charge is -2.54. The van der Waals surface area contributed by atoms with E-state index in [1.807, 2.05) is 0 Å². The highest BCUT2D eigenvalue weighted by Crippen LogP contribution is 2.26. The van der Waals surface area contributed by atoms with E-state index in [-0.39, 0.29) is 0 Å². The first kappa shape index (κ1) is 19.6. The van der Waals surface area contributed by atoms with Gasteiger partial charge in [-0.05, 0) is 24.2 Å². The van der Waals surface area contributed by atoms with Gasteiger partial charge in [-0.25, -0.2) is 0 Å². The number of nitrogens with zero attached hydrogens (tertiary/aromatic N) is 2. The topological polar surface area (TPSA) is 6.48 Å². The number of benzene rings is 2. The Morgan fingerprint density at radius 1 is 0.615 bits per heavy atom. The zero-order valence-electron chi connectivity index (χ0n) is 17.2. The predicted molar refractivity (Wildman–Crippen MR) is 119 cm³/mol. The number of piperazine rings is 1. The summed E-state index contributed by atoms with van der Waals surface area (Å²) < 4.78 is 5.69. The van der Waals surface area contributed by atoms with Gasteiger partial charge >= 0.3 is 0 Å². The van der Waals surface area contributed by atoms with Gasteiger partial charge in [-0.2, -0.15) is 0 Å². The maximum absolute atomic E-state index is 2.85. The van der Waals surface area contributed by atoms with Gasteiger partial charge in [0.25, 0.3) is 0 Å². The maximum atomic E-state index is 2.85. The minimum absolute atomic E-state index is 0.601. The van der Waals surface area contributed by atoms with Crippen molar-refractivity contribution in [3.63, 3.8) is 0 Å². The highest BCUT2D eigenvalue weighted by atomic mass is 28.3. The van der Waals surface area contributed by atoms with Gasteiger partial charge in [0.1, 0.15) is 0 Å². The van der Waals surface area contributed by atoms with Crippen molar-refractivity contribution in [3.8, 4) is 0 Å². The minimum Gasteiger partial charge on any atom is -0.315 e. The molecule has 0 N–H and O–H groups in total. The molecule has 1 aliphatic heterocycles. The molecule has 0 bridgehead atoms. The molecule has 1 saturated heterocycles. The van der Waals surface area contributed by atoms with E-state index in [2.05, 4.69) is 110 Å². The standard InChI is InChI=1S/C22H34N2Si2/c1-19-17-24(26(5,6)22-15-11-8-12-16-22)20(2)18-23(19)25(3,4)21-13-9-7-10-14-21/h7-16,19-20H,17-18H2,1-6H3/t19-,20+. The van der Waals surface area contributed by atoms with E-state index in [4.69, 9.17) is 0 Å². The lowest BCUT2D eigenvalue weighted by atomic mass is 10.2. The minimum atomic E-state index is -1.63. The fourth-order valence-electron chi connectivity index (χ4n) is 4.71. The van der Waals surface area contributed by atoms with Gasteiger partial charge in [0, 0.05) is 25.2 Å². The van der Waals surface area contributed by atoms with Crippen LogP contribution in [0.15, 0.2) is 60.7 Å². The van der Waals surface area contributed by atoms with Crippen LogP contribution in [0.4, 0.5) is 0 Å². The van der Waals surface area contributed by atoms with E-state index in [0.717, 1.165) is 0 Å². The molecular formula is C22H34N2Si2. The Hall–Kier alpha value is -1.21. The van der Waals surface area contributed by atoms with Crippen LogP contribution < -0.4 is 10.4 Å². The molecule has 0 amide bonds. The van der Waals surface area contributed by atoms with Crippen molar-refractivity contribution in [2.75, 3.05) is 13.1 Å². The zero-order valence-corrected chi connectivity index (χ0v) is 19.2. The maximum Gasteiger partial charge on any atom is 0.154 e. The van der Waals surface area contributed by atoms with E-state index in [1.54, 1.807) is 10.4 Å². The Balaban J connectivity index is 1.84. The van der Waals surface area contributed by atoms with Crippen LogP contribution in [0.3, 0.4) is 0 Å². The molecule has 0 aliphatic carbocycles. The average Bonchev–Trinajstić information content (AvgIpc) is 2.64. The molecular weight excluding hydrogens is 348 g/mol. The fraction of sp³-hybridized carbons (Fsp3) is 0.455. The molecule has 2 atom stereocenters. The van der Waals surface area contributed by atoms with Gasteiger partial charge < -0.3 is 9.13 Å². The lowest BCUT2D eigenvalue weighted by molar-refractivity contribution is 0.152. The van der Waals surface area contributed by atoms with Crippen LogP contribution in [0, 0.1) is 0 Å². The van der Waals surface area contributed by atoms with Crippen LogP contribution >= 0.6 is 0 Å². The van der Waals surface area contributed by atoms with Crippen LogP contribution in [0.1, 0.15) is 13.8 Å². The van der Waals surface area contributed by atoms with Crippen molar-refractivity contribution in [2.24, 2.45) is 0 Å². The predicted octanol–water partition coefficient (Wildman–Crippen LogP) is 3.61. The molecule has 0 saturated carbocycles. The summed E-state index contributed by atoms with van der Waals surface area (Å²) >= 11 is 0. The smallest absolute Gasteiger partial charge is 0.154 e. The number of hydrogen-bond acceptors (Lipinski definition) is 2. The molecule has 1 aliphatic rings. The highest BCUT2D eigenvalue weighted by molar-refractivity contribution is 6.88. The van der Waals surface area contributed by atoms with E-state index < -0.39 is 16.5 Å². The third-order valence-electron chi connectivity index (χ3n) is 6.38. The van der Waals surface area contributed by atoms with E-state index in [1.165, 1.54) is 13.1 Å². The second kappa shape index (κ2) is 7.43. The first-order valence-corrected chi connectivity index (χ1v) is 15.8.